The summed E-state index contributed by atoms with van der Waals surface area (Å²) in [4.78, 5) is 18.8. The van der Waals surface area contributed by atoms with E-state index in [9.17, 15) is 31.7 Å². The van der Waals surface area contributed by atoms with Crippen molar-refractivity contribution in [2.24, 2.45) is 0 Å². The number of carbonyl (C=O) groups excluding carboxylic acids is 1. The summed E-state index contributed by atoms with van der Waals surface area (Å²) >= 11 is 0. The first-order valence-electron chi connectivity index (χ1n) is 9.14. The number of alkyl halides is 3. The molecular weight excluding hydrogens is 433 g/mol. The first-order chi connectivity index (χ1) is 13.9. The fourth-order valence-electron chi connectivity index (χ4n) is 2.32. The summed E-state index contributed by atoms with van der Waals surface area (Å²) in [7, 11) is -3.74. The van der Waals surface area contributed by atoms with Crippen LogP contribution in [0.3, 0.4) is 0 Å². The van der Waals surface area contributed by atoms with Crippen LogP contribution in [0.4, 0.5) is 18.9 Å². The number of carbonyl (C=O) groups is 1. The molecule has 30 heavy (non-hydrogen) atoms. The average molecular weight is 458 g/mol. The molecule has 0 aliphatic carbocycles. The number of quaternary nitrogens is 1. The van der Waals surface area contributed by atoms with Crippen LogP contribution >= 0.6 is 0 Å². The van der Waals surface area contributed by atoms with Crippen molar-refractivity contribution in [2.45, 2.75) is 56.0 Å². The number of rotatable bonds is 12. The molecule has 0 aromatic heterocycles. The molecule has 0 saturated heterocycles. The lowest BCUT2D eigenvalue weighted by atomic mass is 10.1. The Balaban J connectivity index is 0.00000103. The predicted octanol–water partition coefficient (Wildman–Crippen LogP) is 0.868. The van der Waals surface area contributed by atoms with Gasteiger partial charge < -0.3 is 15.0 Å². The lowest BCUT2D eigenvalue weighted by molar-refractivity contribution is -0.497. The first-order valence-corrected chi connectivity index (χ1v) is 10.7. The number of unbranched alkanes of at least 4 members (excludes halogenated alkanes) is 6. The molecule has 0 spiro atoms. The van der Waals surface area contributed by atoms with Crippen LogP contribution in [0.2, 0.25) is 0 Å². The van der Waals surface area contributed by atoms with Crippen LogP contribution in [0.5, 0.6) is 0 Å². The van der Waals surface area contributed by atoms with Crippen molar-refractivity contribution >= 4 is 21.7 Å². The van der Waals surface area contributed by atoms with Crippen molar-refractivity contribution in [3.63, 3.8) is 0 Å². The molecule has 0 saturated carbocycles. The van der Waals surface area contributed by atoms with E-state index in [2.05, 4.69) is 0 Å². The highest BCUT2D eigenvalue weighted by atomic mass is 32.2. The van der Waals surface area contributed by atoms with Crippen LogP contribution in [0.1, 0.15) is 44.9 Å². The van der Waals surface area contributed by atoms with Gasteiger partial charge in [-0.15, -0.1) is 0 Å². The molecule has 0 atom stereocenters. The number of aliphatic hydroxyl groups excluding tert-OH is 1. The van der Waals surface area contributed by atoms with E-state index in [0.29, 0.717) is 6.54 Å². The van der Waals surface area contributed by atoms with Gasteiger partial charge in [0.2, 0.25) is 0 Å². The summed E-state index contributed by atoms with van der Waals surface area (Å²) in [5, 5.41) is 28.3. The van der Waals surface area contributed by atoms with E-state index in [-0.39, 0.29) is 17.2 Å². The lowest BCUT2D eigenvalue weighted by Gasteiger charge is -2.04. The molecule has 0 bridgehead atoms. The van der Waals surface area contributed by atoms with Gasteiger partial charge in [0.25, 0.3) is 5.69 Å². The van der Waals surface area contributed by atoms with Crippen molar-refractivity contribution in [3.05, 3.63) is 34.4 Å². The van der Waals surface area contributed by atoms with Gasteiger partial charge >= 0.3 is 16.2 Å². The van der Waals surface area contributed by atoms with E-state index >= 15 is 0 Å². The average Bonchev–Trinajstić information content (AvgIpc) is 2.66. The molecule has 172 valence electrons. The number of carboxylic acids is 1. The van der Waals surface area contributed by atoms with E-state index in [1.807, 2.05) is 0 Å². The summed E-state index contributed by atoms with van der Waals surface area (Å²) in [5.41, 5.74) is -0.382. The second-order valence-corrected chi connectivity index (χ2v) is 8.07. The van der Waals surface area contributed by atoms with Crippen molar-refractivity contribution in [1.29, 1.82) is 0 Å². The zero-order valence-corrected chi connectivity index (χ0v) is 17.0. The maximum absolute atomic E-state index is 12.2. The smallest absolute Gasteiger partial charge is 0.430 e. The minimum Gasteiger partial charge on any atom is -0.542 e. The molecule has 0 amide bonds. The molecular formula is C17H25F3N2O7S. The maximum atomic E-state index is 12.2. The molecule has 0 aliphatic rings. The summed E-state index contributed by atoms with van der Waals surface area (Å²) in [6, 6.07) is 5.41. The number of nitro benzene ring substituents is 1. The summed E-state index contributed by atoms with van der Waals surface area (Å²) < 4.78 is 57.1. The monoisotopic (exact) mass is 458 g/mol. The van der Waals surface area contributed by atoms with E-state index in [1.165, 1.54) is 29.0 Å². The van der Waals surface area contributed by atoms with Crippen LogP contribution in [-0.4, -0.2) is 43.7 Å². The van der Waals surface area contributed by atoms with Gasteiger partial charge in [0, 0.05) is 12.7 Å². The topological polar surface area (TPSA) is 154 Å². The zero-order valence-electron chi connectivity index (χ0n) is 16.1. The van der Waals surface area contributed by atoms with Gasteiger partial charge in [-0.2, -0.15) is 21.6 Å². The number of carboxylic acid groups (broad SMARTS) is 1. The normalized spacial score (nSPS) is 11.5. The Hall–Kier alpha value is -2.25. The lowest BCUT2D eigenvalue weighted by Crippen LogP contribution is -2.87. The maximum Gasteiger partial charge on any atom is 0.430 e. The quantitative estimate of drug-likeness (QED) is 0.267. The minimum atomic E-state index is -5.19. The third kappa shape index (κ3) is 11.7. The number of hydrogen-bond donors (Lipinski definition) is 2. The highest BCUT2D eigenvalue weighted by Crippen LogP contribution is 2.20. The molecule has 0 radical (unpaired) electrons. The number of aliphatic carboxylic acids is 1. The predicted molar refractivity (Wildman–Crippen MR) is 97.5 cm³/mol. The molecule has 1 aromatic carbocycles. The number of primary sulfonamides is 1. The molecule has 1 rings (SSSR count). The number of hydrogen-bond acceptors (Lipinski definition) is 7. The number of benzene rings is 1. The molecule has 0 aliphatic heterocycles. The number of sulfonamides is 1. The Morgan fingerprint density at radius 2 is 1.50 bits per heavy atom. The SMILES string of the molecule is O=C([O-])C(F)(F)F.O=[N+]([O-])c1ccccc1S(=O)(=O)[NH2+]CCCCCCCCCO. The standard InChI is InChI=1S/C15H24N2O5S.C2HF3O2/c18-13-9-5-3-1-2-4-8-12-16-23(21,22)15-11-7-6-10-14(15)17(19)20;3-2(4,5)1(6)7/h6-7,10-11,16,18H,1-5,8-9,12-13H2;(H,6,7). The van der Waals surface area contributed by atoms with Gasteiger partial charge in [-0.3, -0.25) is 10.1 Å². The highest BCUT2D eigenvalue weighted by molar-refractivity contribution is 7.85. The van der Waals surface area contributed by atoms with E-state index in [1.54, 1.807) is 0 Å². The fraction of sp³-hybridized carbons (Fsp3) is 0.588. The van der Waals surface area contributed by atoms with E-state index in [0.717, 1.165) is 44.9 Å². The molecule has 0 unspecified atom stereocenters. The fourth-order valence-corrected chi connectivity index (χ4v) is 3.68. The number of para-hydroxylation sites is 1. The third-order valence-corrected chi connectivity index (χ3v) is 5.43. The number of nitrogens with two attached hydrogens (primary N) is 1. The zero-order chi connectivity index (χ0) is 23.2. The van der Waals surface area contributed by atoms with Crippen LogP contribution in [0.15, 0.2) is 29.2 Å². The molecule has 13 heteroatoms. The molecule has 3 N–H and O–H groups in total. The van der Waals surface area contributed by atoms with Crippen molar-refractivity contribution in [1.82, 2.24) is 0 Å². The van der Waals surface area contributed by atoms with E-state index < -0.39 is 27.1 Å². The highest BCUT2D eigenvalue weighted by Gasteiger charge is 2.29. The van der Waals surface area contributed by atoms with Gasteiger partial charge in [0.15, 0.2) is 4.90 Å². The van der Waals surface area contributed by atoms with Gasteiger partial charge in [-0.1, -0.05) is 37.8 Å². The number of aliphatic hydroxyl groups is 1. The second-order valence-electron chi connectivity index (χ2n) is 6.21. The van der Waals surface area contributed by atoms with E-state index in [4.69, 9.17) is 15.0 Å². The largest absolute Gasteiger partial charge is 0.542 e. The Bertz CT molecular complexity index is 771. The van der Waals surface area contributed by atoms with Gasteiger partial charge in [0.1, 0.15) is 5.97 Å². The number of nitrogens with zero attached hydrogens (tertiary/aromatic N) is 1. The molecule has 0 fully saturated rings. The minimum absolute atomic E-state index is 0.235. The Labute approximate surface area is 172 Å². The van der Waals surface area contributed by atoms with Crippen molar-refractivity contribution in [2.75, 3.05) is 13.2 Å². The van der Waals surface area contributed by atoms with Gasteiger partial charge in [0.05, 0.1) is 11.5 Å². The summed E-state index contributed by atoms with van der Waals surface area (Å²) in [5.74, 6) is -3.01. The van der Waals surface area contributed by atoms with Crippen molar-refractivity contribution < 1.29 is 46.2 Å². The van der Waals surface area contributed by atoms with Crippen LogP contribution < -0.4 is 9.83 Å². The molecule has 9 nitrogen and oxygen atoms in total. The Kier molecular flexibility index (Phi) is 12.8. The Morgan fingerprint density at radius 1 is 1.03 bits per heavy atom. The molecule has 1 aromatic rings. The van der Waals surface area contributed by atoms with Crippen molar-refractivity contribution in [3.8, 4) is 0 Å². The van der Waals surface area contributed by atoms with Crippen LogP contribution in [0, 0.1) is 10.1 Å². The number of nitro groups is 1. The Morgan fingerprint density at radius 3 is 1.97 bits per heavy atom. The van der Waals surface area contributed by atoms with Crippen LogP contribution in [0.25, 0.3) is 0 Å². The molecule has 0 heterocycles. The summed E-state index contributed by atoms with van der Waals surface area (Å²) in [6.45, 7) is 0.628. The van der Waals surface area contributed by atoms with Gasteiger partial charge in [-0.25, -0.2) is 4.72 Å². The third-order valence-electron chi connectivity index (χ3n) is 3.80. The second kappa shape index (κ2) is 13.9. The summed E-state index contributed by atoms with van der Waals surface area (Å²) in [6.07, 6.45) is 1.54. The number of halogens is 3. The van der Waals surface area contributed by atoms with Gasteiger partial charge in [-0.05, 0) is 25.3 Å². The van der Waals surface area contributed by atoms with Crippen LogP contribution in [-0.2, 0) is 14.8 Å². The first kappa shape index (κ1) is 27.8.